The van der Waals surface area contributed by atoms with Crippen LogP contribution >= 0.6 is 0 Å². The van der Waals surface area contributed by atoms with Gasteiger partial charge in [-0.15, -0.1) is 0 Å². The molecule has 0 aliphatic carbocycles. The molecule has 0 saturated heterocycles. The molecule has 1 aromatic carbocycles. The summed E-state index contributed by atoms with van der Waals surface area (Å²) in [6.07, 6.45) is 1.14. The first kappa shape index (κ1) is 16.0. The fraction of sp³-hybridized carbons (Fsp3) is 0.429. The summed E-state index contributed by atoms with van der Waals surface area (Å²) in [5.74, 6) is -0.428. The largest absolute Gasteiger partial charge is 0.482 e. The monoisotopic (exact) mass is 280 g/mol. The van der Waals surface area contributed by atoms with Crippen molar-refractivity contribution in [1.29, 1.82) is 0 Å². The Labute approximate surface area is 117 Å². The van der Waals surface area contributed by atoms with Gasteiger partial charge in [-0.3, -0.25) is 4.79 Å². The maximum atomic E-state index is 11.7. The van der Waals surface area contributed by atoms with Gasteiger partial charge >= 0.3 is 5.97 Å². The lowest BCUT2D eigenvalue weighted by atomic mass is 10.1. The molecule has 1 aromatic rings. The van der Waals surface area contributed by atoms with Gasteiger partial charge in [0.05, 0.1) is 0 Å². The molecule has 0 bridgehead atoms. The summed E-state index contributed by atoms with van der Waals surface area (Å²) in [7, 11) is 0. The molecule has 6 heteroatoms. The van der Waals surface area contributed by atoms with E-state index < -0.39 is 12.6 Å². The number of nitrogens with two attached hydrogens (primary N) is 1. The second-order valence-corrected chi connectivity index (χ2v) is 4.64. The van der Waals surface area contributed by atoms with Gasteiger partial charge in [0, 0.05) is 18.2 Å². The van der Waals surface area contributed by atoms with E-state index in [1.165, 1.54) is 0 Å². The van der Waals surface area contributed by atoms with Crippen LogP contribution in [0.25, 0.3) is 0 Å². The summed E-state index contributed by atoms with van der Waals surface area (Å²) in [5, 5.41) is 11.3. The number of hydrogen-bond acceptors (Lipinski definition) is 4. The Hall–Kier alpha value is -2.08. The summed E-state index contributed by atoms with van der Waals surface area (Å²) in [6.45, 7) is 2.14. The van der Waals surface area contributed by atoms with E-state index >= 15 is 0 Å². The summed E-state index contributed by atoms with van der Waals surface area (Å²) >= 11 is 0. The van der Waals surface area contributed by atoms with Crippen molar-refractivity contribution in [2.45, 2.75) is 19.8 Å². The predicted molar refractivity (Wildman–Crippen MR) is 75.7 cm³/mol. The van der Waals surface area contributed by atoms with Crippen LogP contribution in [0.3, 0.4) is 0 Å². The second kappa shape index (κ2) is 8.16. The zero-order valence-electron chi connectivity index (χ0n) is 11.5. The third kappa shape index (κ3) is 6.19. The van der Waals surface area contributed by atoms with E-state index in [0.29, 0.717) is 30.3 Å². The molecule has 0 saturated carbocycles. The second-order valence-electron chi connectivity index (χ2n) is 4.64. The van der Waals surface area contributed by atoms with Crippen LogP contribution in [-0.4, -0.2) is 30.1 Å². The van der Waals surface area contributed by atoms with Gasteiger partial charge in [-0.25, -0.2) is 4.79 Å². The molecule has 0 aromatic heterocycles. The van der Waals surface area contributed by atoms with Crippen molar-refractivity contribution in [2.24, 2.45) is 11.7 Å². The van der Waals surface area contributed by atoms with Crippen molar-refractivity contribution in [3.05, 3.63) is 24.3 Å². The van der Waals surface area contributed by atoms with E-state index in [1.54, 1.807) is 24.3 Å². The van der Waals surface area contributed by atoms with Crippen LogP contribution in [0.4, 0.5) is 5.69 Å². The van der Waals surface area contributed by atoms with Crippen molar-refractivity contribution >= 4 is 17.6 Å². The number of aliphatic carboxylic acids is 1. The van der Waals surface area contributed by atoms with E-state index in [9.17, 15) is 9.59 Å². The number of rotatable bonds is 8. The lowest BCUT2D eigenvalue weighted by Crippen LogP contribution is -2.16. The number of carboxylic acid groups (broad SMARTS) is 1. The van der Waals surface area contributed by atoms with Crippen molar-refractivity contribution in [2.75, 3.05) is 18.5 Å². The highest BCUT2D eigenvalue weighted by molar-refractivity contribution is 5.90. The summed E-state index contributed by atoms with van der Waals surface area (Å²) in [4.78, 5) is 22.1. The number of carbonyl (C=O) groups is 2. The Bertz CT molecular complexity index is 462. The highest BCUT2D eigenvalue weighted by Crippen LogP contribution is 2.17. The highest BCUT2D eigenvalue weighted by Gasteiger charge is 2.07. The van der Waals surface area contributed by atoms with Crippen LogP contribution in [-0.2, 0) is 9.59 Å². The van der Waals surface area contributed by atoms with Crippen molar-refractivity contribution in [1.82, 2.24) is 0 Å². The molecule has 4 N–H and O–H groups in total. The first-order valence-corrected chi connectivity index (χ1v) is 6.46. The molecule has 6 nitrogen and oxygen atoms in total. The van der Waals surface area contributed by atoms with Crippen molar-refractivity contribution in [3.63, 3.8) is 0 Å². The molecule has 0 aliphatic rings. The number of anilines is 1. The van der Waals surface area contributed by atoms with Gasteiger partial charge in [-0.1, -0.05) is 13.0 Å². The maximum absolute atomic E-state index is 11.7. The topological polar surface area (TPSA) is 102 Å². The average molecular weight is 280 g/mol. The molecule has 1 amide bonds. The first-order chi connectivity index (χ1) is 9.51. The zero-order chi connectivity index (χ0) is 15.0. The number of carboxylic acids is 1. The van der Waals surface area contributed by atoms with E-state index in [2.05, 4.69) is 5.32 Å². The van der Waals surface area contributed by atoms with Gasteiger partial charge in [-0.2, -0.15) is 0 Å². The molecular weight excluding hydrogens is 260 g/mol. The normalized spacial score (nSPS) is 11.7. The number of benzene rings is 1. The van der Waals surface area contributed by atoms with Gasteiger partial charge in [0.2, 0.25) is 5.91 Å². The molecule has 1 unspecified atom stereocenters. The minimum Gasteiger partial charge on any atom is -0.482 e. The smallest absolute Gasteiger partial charge is 0.341 e. The predicted octanol–water partition coefficient (Wildman–Crippen LogP) is 1.46. The fourth-order valence-corrected chi connectivity index (χ4v) is 1.53. The van der Waals surface area contributed by atoms with Crippen molar-refractivity contribution < 1.29 is 19.4 Å². The number of hydrogen-bond donors (Lipinski definition) is 3. The minimum absolute atomic E-state index is 0.0966. The minimum atomic E-state index is -1.05. The Morgan fingerprint density at radius 1 is 1.45 bits per heavy atom. The highest BCUT2D eigenvalue weighted by atomic mass is 16.5. The first-order valence-electron chi connectivity index (χ1n) is 6.46. The molecule has 1 atom stereocenters. The van der Waals surface area contributed by atoms with Crippen LogP contribution in [0, 0.1) is 5.92 Å². The molecule has 0 aliphatic heterocycles. The summed E-state index contributed by atoms with van der Waals surface area (Å²) in [6, 6.07) is 6.63. The molecule has 0 spiro atoms. The molecule has 110 valence electrons. The van der Waals surface area contributed by atoms with Gasteiger partial charge in [-0.05, 0) is 31.0 Å². The van der Waals surface area contributed by atoms with Crippen LogP contribution in [0.15, 0.2) is 24.3 Å². The van der Waals surface area contributed by atoms with E-state index in [0.717, 1.165) is 6.42 Å². The molecule has 20 heavy (non-hydrogen) atoms. The van der Waals surface area contributed by atoms with Crippen molar-refractivity contribution in [3.8, 4) is 5.75 Å². The number of carbonyl (C=O) groups excluding carboxylic acids is 1. The Morgan fingerprint density at radius 3 is 2.85 bits per heavy atom. The van der Waals surface area contributed by atoms with Crippen LogP contribution in [0.2, 0.25) is 0 Å². The van der Waals surface area contributed by atoms with Crippen LogP contribution < -0.4 is 15.8 Å². The van der Waals surface area contributed by atoms with E-state index in [4.69, 9.17) is 15.6 Å². The molecule has 0 fully saturated rings. The lowest BCUT2D eigenvalue weighted by Gasteiger charge is -2.10. The maximum Gasteiger partial charge on any atom is 0.341 e. The third-order valence-electron chi connectivity index (χ3n) is 2.75. The van der Waals surface area contributed by atoms with E-state index in [-0.39, 0.29) is 5.91 Å². The summed E-state index contributed by atoms with van der Waals surface area (Å²) < 4.78 is 5.04. The molecular formula is C14H20N2O4. The number of nitrogens with one attached hydrogen (secondary N) is 1. The molecule has 1 rings (SSSR count). The lowest BCUT2D eigenvalue weighted by molar-refractivity contribution is -0.139. The van der Waals surface area contributed by atoms with Gasteiger partial charge in [0.1, 0.15) is 5.75 Å². The SMILES string of the molecule is CC(CN)CCC(=O)Nc1cccc(OCC(=O)O)c1. The average Bonchev–Trinajstić information content (AvgIpc) is 2.43. The van der Waals surface area contributed by atoms with Gasteiger partial charge < -0.3 is 20.9 Å². The molecule has 0 heterocycles. The Kier molecular flexibility index (Phi) is 6.52. The Morgan fingerprint density at radius 2 is 2.20 bits per heavy atom. The third-order valence-corrected chi connectivity index (χ3v) is 2.75. The quantitative estimate of drug-likeness (QED) is 0.669. The van der Waals surface area contributed by atoms with E-state index in [1.807, 2.05) is 6.92 Å². The van der Waals surface area contributed by atoms with Gasteiger partial charge in [0.25, 0.3) is 0 Å². The standard InChI is InChI=1S/C14H20N2O4/c1-10(8-15)5-6-13(17)16-11-3-2-4-12(7-11)20-9-14(18)19/h2-4,7,10H,5-6,8-9,15H2,1H3,(H,16,17)(H,18,19). The number of amides is 1. The number of ether oxygens (including phenoxy) is 1. The fourth-order valence-electron chi connectivity index (χ4n) is 1.53. The van der Waals surface area contributed by atoms with Crippen LogP contribution in [0.5, 0.6) is 5.75 Å². The summed E-state index contributed by atoms with van der Waals surface area (Å²) in [5.41, 5.74) is 6.07. The zero-order valence-corrected chi connectivity index (χ0v) is 11.5. The van der Waals surface area contributed by atoms with Gasteiger partial charge in [0.15, 0.2) is 6.61 Å². The molecule has 0 radical (unpaired) electrons. The Balaban J connectivity index is 2.48. The van der Waals surface area contributed by atoms with Crippen LogP contribution in [0.1, 0.15) is 19.8 Å².